The Morgan fingerprint density at radius 1 is 1.00 bits per heavy atom. The Labute approximate surface area is 169 Å². The molecule has 1 N–H and O–H groups in total. The van der Waals surface area contributed by atoms with Crippen molar-refractivity contribution < 1.29 is 14.6 Å². The molecule has 0 saturated carbocycles. The summed E-state index contributed by atoms with van der Waals surface area (Å²) < 4.78 is 5.59. The van der Waals surface area contributed by atoms with Gasteiger partial charge in [0.05, 0.1) is 12.2 Å². The lowest BCUT2D eigenvalue weighted by molar-refractivity contribution is 0.0500. The molecule has 0 bridgehead atoms. The highest BCUT2D eigenvalue weighted by atomic mass is 16.5. The van der Waals surface area contributed by atoms with Crippen molar-refractivity contribution in [3.63, 3.8) is 0 Å². The highest BCUT2D eigenvalue weighted by Gasteiger charge is 2.33. The van der Waals surface area contributed by atoms with E-state index in [9.17, 15) is 9.90 Å². The van der Waals surface area contributed by atoms with Gasteiger partial charge in [-0.05, 0) is 28.9 Å². The van der Waals surface area contributed by atoms with Gasteiger partial charge in [0.15, 0.2) is 0 Å². The molecular weight excluding hydrogens is 348 g/mol. The Balaban J connectivity index is 2.85. The quantitative estimate of drug-likeness (QED) is 0.467. The van der Waals surface area contributed by atoms with Crippen LogP contribution in [0.4, 0.5) is 0 Å². The second kappa shape index (κ2) is 8.38. The van der Waals surface area contributed by atoms with Gasteiger partial charge in [0.25, 0.3) is 0 Å². The second-order valence-electron chi connectivity index (χ2n) is 9.43. The first-order chi connectivity index (χ1) is 13.0. The Bertz CT molecular complexity index is 822. The summed E-state index contributed by atoms with van der Waals surface area (Å²) in [5.41, 5.74) is 3.08. The average Bonchev–Trinajstić information content (AvgIpc) is 2.60. The number of carbonyl (C=O) groups is 1. The Morgan fingerprint density at radius 2 is 1.61 bits per heavy atom. The predicted octanol–water partition coefficient (Wildman–Crippen LogP) is 6.61. The second-order valence-corrected chi connectivity index (χ2v) is 9.43. The number of hydrogen-bond acceptors (Lipinski definition) is 3. The fourth-order valence-electron chi connectivity index (χ4n) is 3.43. The third-order valence-electron chi connectivity index (χ3n) is 4.87. The Kier molecular flexibility index (Phi) is 6.59. The summed E-state index contributed by atoms with van der Waals surface area (Å²) in [4.78, 5) is 13.1. The van der Waals surface area contributed by atoms with Crippen molar-refractivity contribution in [1.29, 1.82) is 0 Å². The Hall–Kier alpha value is -2.29. The van der Waals surface area contributed by atoms with Gasteiger partial charge in [-0.1, -0.05) is 85.2 Å². The van der Waals surface area contributed by atoms with E-state index in [1.165, 1.54) is 0 Å². The van der Waals surface area contributed by atoms with E-state index in [0.29, 0.717) is 12.2 Å². The van der Waals surface area contributed by atoms with Gasteiger partial charge in [-0.15, -0.1) is 0 Å². The largest absolute Gasteiger partial charge is 0.507 e. The maximum absolute atomic E-state index is 13.1. The van der Waals surface area contributed by atoms with Crippen LogP contribution in [0, 0.1) is 0 Å². The molecule has 0 fully saturated rings. The first kappa shape index (κ1) is 22.0. The van der Waals surface area contributed by atoms with Crippen LogP contribution in [0.25, 0.3) is 11.1 Å². The molecule has 2 rings (SSSR count). The highest BCUT2D eigenvalue weighted by molar-refractivity contribution is 6.00. The van der Waals surface area contributed by atoms with E-state index in [1.54, 1.807) is 0 Å². The normalized spacial score (nSPS) is 12.1. The van der Waals surface area contributed by atoms with Crippen LogP contribution in [0.3, 0.4) is 0 Å². The van der Waals surface area contributed by atoms with E-state index >= 15 is 0 Å². The number of carbonyl (C=O) groups excluding carboxylic acids is 1. The number of phenolic OH excluding ortho intramolecular Hbond substituents is 1. The minimum Gasteiger partial charge on any atom is -0.507 e. The lowest BCUT2D eigenvalue weighted by atomic mass is 9.74. The van der Waals surface area contributed by atoms with Crippen molar-refractivity contribution in [3.05, 3.63) is 53.1 Å². The van der Waals surface area contributed by atoms with Crippen LogP contribution in [-0.2, 0) is 15.6 Å². The summed E-state index contributed by atoms with van der Waals surface area (Å²) >= 11 is 0. The van der Waals surface area contributed by atoms with Crippen LogP contribution in [0.15, 0.2) is 36.4 Å². The van der Waals surface area contributed by atoms with Gasteiger partial charge in [0.2, 0.25) is 0 Å². The van der Waals surface area contributed by atoms with Gasteiger partial charge in [-0.2, -0.15) is 0 Å². The van der Waals surface area contributed by atoms with Crippen molar-refractivity contribution in [3.8, 4) is 16.9 Å². The topological polar surface area (TPSA) is 46.5 Å². The third kappa shape index (κ3) is 4.76. The Morgan fingerprint density at radius 3 is 2.11 bits per heavy atom. The molecule has 0 aliphatic heterocycles. The summed E-state index contributed by atoms with van der Waals surface area (Å²) in [6, 6.07) is 11.6. The van der Waals surface area contributed by atoms with E-state index in [1.807, 2.05) is 57.2 Å². The zero-order valence-electron chi connectivity index (χ0n) is 18.3. The maximum atomic E-state index is 13.1. The molecule has 3 nitrogen and oxygen atoms in total. The maximum Gasteiger partial charge on any atom is 0.338 e. The van der Waals surface area contributed by atoms with Crippen molar-refractivity contribution in [2.45, 2.75) is 72.1 Å². The van der Waals surface area contributed by atoms with Crippen molar-refractivity contribution >= 4 is 5.97 Å². The number of unbranched alkanes of at least 4 members (excludes halogenated alkanes) is 1. The van der Waals surface area contributed by atoms with E-state index in [2.05, 4.69) is 27.7 Å². The SMILES string of the molecule is CCCCOC(=O)c1cc(C(C)(C)C)c(O)c(C(C)(C)C)c1-c1ccccc1. The fraction of sp³-hybridized carbons (Fsp3) is 0.480. The third-order valence-corrected chi connectivity index (χ3v) is 4.87. The van der Waals surface area contributed by atoms with E-state index < -0.39 is 0 Å². The van der Waals surface area contributed by atoms with Crippen LogP contribution in [0.5, 0.6) is 5.75 Å². The van der Waals surface area contributed by atoms with Crippen LogP contribution in [-0.4, -0.2) is 17.7 Å². The summed E-state index contributed by atoms with van der Waals surface area (Å²) in [6.45, 7) is 14.8. The minimum absolute atomic E-state index is 0.268. The zero-order valence-corrected chi connectivity index (χ0v) is 18.3. The van der Waals surface area contributed by atoms with Crippen molar-refractivity contribution in [2.24, 2.45) is 0 Å². The summed E-state index contributed by atoms with van der Waals surface area (Å²) in [7, 11) is 0. The van der Waals surface area contributed by atoms with E-state index in [-0.39, 0.29) is 22.5 Å². The fourth-order valence-corrected chi connectivity index (χ4v) is 3.43. The van der Waals surface area contributed by atoms with Gasteiger partial charge in [-0.3, -0.25) is 0 Å². The lowest BCUT2D eigenvalue weighted by Gasteiger charge is -2.31. The van der Waals surface area contributed by atoms with Gasteiger partial charge in [-0.25, -0.2) is 4.79 Å². The number of ether oxygens (including phenoxy) is 1. The molecule has 0 unspecified atom stereocenters. The molecular formula is C25H34O3. The molecule has 2 aromatic carbocycles. The molecule has 0 spiro atoms. The number of aromatic hydroxyl groups is 1. The summed E-state index contributed by atoms with van der Waals surface area (Å²) in [5.74, 6) is -0.0627. The van der Waals surface area contributed by atoms with Crippen molar-refractivity contribution in [2.75, 3.05) is 6.61 Å². The van der Waals surface area contributed by atoms with E-state index in [4.69, 9.17) is 4.74 Å². The number of rotatable bonds is 5. The van der Waals surface area contributed by atoms with Gasteiger partial charge < -0.3 is 9.84 Å². The summed E-state index contributed by atoms with van der Waals surface area (Å²) in [6.07, 6.45) is 1.80. The molecule has 0 saturated heterocycles. The molecule has 0 heterocycles. The van der Waals surface area contributed by atoms with Crippen LogP contribution >= 0.6 is 0 Å². The smallest absolute Gasteiger partial charge is 0.338 e. The molecule has 28 heavy (non-hydrogen) atoms. The monoisotopic (exact) mass is 382 g/mol. The molecule has 0 amide bonds. The van der Waals surface area contributed by atoms with Gasteiger partial charge in [0.1, 0.15) is 5.75 Å². The number of hydrogen-bond donors (Lipinski definition) is 1. The number of esters is 1. The molecule has 0 aliphatic rings. The first-order valence-corrected chi connectivity index (χ1v) is 10.1. The summed E-state index contributed by atoms with van der Waals surface area (Å²) in [5, 5.41) is 11.3. The lowest BCUT2D eigenvalue weighted by Crippen LogP contribution is -2.21. The molecule has 152 valence electrons. The minimum atomic E-state index is -0.352. The van der Waals surface area contributed by atoms with Crippen molar-refractivity contribution in [1.82, 2.24) is 0 Å². The number of benzene rings is 2. The van der Waals surface area contributed by atoms with Crippen LogP contribution in [0.1, 0.15) is 82.8 Å². The molecule has 3 heteroatoms. The van der Waals surface area contributed by atoms with Crippen LogP contribution in [0.2, 0.25) is 0 Å². The zero-order chi connectivity index (χ0) is 21.1. The standard InChI is InChI=1S/C25H34O3/c1-8-9-15-28-23(27)18-16-19(24(2,3)4)22(26)21(25(5,6)7)20(18)17-13-11-10-12-14-17/h10-14,16,26H,8-9,15H2,1-7H3. The van der Waals surface area contributed by atoms with E-state index in [0.717, 1.165) is 35.1 Å². The molecule has 0 aromatic heterocycles. The van der Waals surface area contributed by atoms with Gasteiger partial charge >= 0.3 is 5.97 Å². The highest BCUT2D eigenvalue weighted by Crippen LogP contribution is 2.46. The first-order valence-electron chi connectivity index (χ1n) is 10.1. The molecule has 0 radical (unpaired) electrons. The van der Waals surface area contributed by atoms with Crippen LogP contribution < -0.4 is 0 Å². The number of phenols is 1. The molecule has 2 aromatic rings. The average molecular weight is 383 g/mol. The molecule has 0 atom stereocenters. The molecule has 0 aliphatic carbocycles. The van der Waals surface area contributed by atoms with Gasteiger partial charge in [0, 0.05) is 16.7 Å². The predicted molar refractivity (Wildman–Crippen MR) is 116 cm³/mol.